The molecule has 0 aromatic carbocycles. The Labute approximate surface area is 49.8 Å². The number of unbranched alkanes of at least 4 members (excludes halogenated alkanes) is 3. The topological polar surface area (TPSA) is 43.7 Å². The normalized spacial score (nSPS) is 8.50. The van der Waals surface area contributed by atoms with Crippen molar-refractivity contribution in [3.05, 3.63) is 0 Å². The van der Waals surface area contributed by atoms with E-state index >= 15 is 0 Å². The van der Waals surface area contributed by atoms with E-state index in [0.717, 1.165) is 19.3 Å². The van der Waals surface area contributed by atoms with Crippen LogP contribution in [-0.4, -0.2) is 6.61 Å². The second-order valence-electron chi connectivity index (χ2n) is 1.67. The fourth-order valence-electron chi connectivity index (χ4n) is 0.483. The lowest BCUT2D eigenvalue weighted by Crippen LogP contribution is -1.79. The Bertz CT molecular complexity index is 75.1. The van der Waals surface area contributed by atoms with Crippen LogP contribution in [0.4, 0.5) is 0 Å². The van der Waals surface area contributed by atoms with Crippen molar-refractivity contribution in [3.63, 3.8) is 0 Å². The van der Waals surface area contributed by atoms with Crippen molar-refractivity contribution < 1.29 is 5.11 Å². The Hall–Kier alpha value is -0.550. The summed E-state index contributed by atoms with van der Waals surface area (Å²) >= 11 is 0. The summed E-state index contributed by atoms with van der Waals surface area (Å²) in [4.78, 5) is 0. The lowest BCUT2D eigenvalue weighted by molar-refractivity contribution is 0.186. The smallest absolute Gasteiger partial charge is 0.0822 e. The van der Waals surface area contributed by atoms with Gasteiger partial charge in [-0.15, -0.1) is 0 Å². The zero-order valence-electron chi connectivity index (χ0n) is 4.89. The third-order valence-electron chi connectivity index (χ3n) is 0.933. The van der Waals surface area contributed by atoms with Crippen molar-refractivity contribution in [3.8, 4) is 6.07 Å². The zero-order chi connectivity index (χ0) is 6.24. The maximum atomic E-state index is 9.81. The molecule has 8 heavy (non-hydrogen) atoms. The largest absolute Gasteiger partial charge is 0.237 e. The highest BCUT2D eigenvalue weighted by Crippen LogP contribution is 1.96. The van der Waals surface area contributed by atoms with Gasteiger partial charge in [0, 0.05) is 6.42 Å². The summed E-state index contributed by atoms with van der Waals surface area (Å²) in [5.74, 6) is 0. The Balaban J connectivity index is 2.65. The fourth-order valence-corrected chi connectivity index (χ4v) is 0.483. The van der Waals surface area contributed by atoms with E-state index in [0.29, 0.717) is 6.42 Å². The lowest BCUT2D eigenvalue weighted by Gasteiger charge is -1.87. The highest BCUT2D eigenvalue weighted by Gasteiger charge is 1.84. The zero-order valence-corrected chi connectivity index (χ0v) is 4.89. The quantitative estimate of drug-likeness (QED) is 0.508. The number of nitriles is 1. The molecule has 0 spiro atoms. The molecule has 0 rings (SSSR count). The third kappa shape index (κ3) is 5.45. The molecule has 0 aromatic heterocycles. The van der Waals surface area contributed by atoms with E-state index in [4.69, 9.17) is 5.26 Å². The van der Waals surface area contributed by atoms with Crippen LogP contribution in [0, 0.1) is 11.3 Å². The van der Waals surface area contributed by atoms with Crippen LogP contribution in [0.25, 0.3) is 0 Å². The Morgan fingerprint density at radius 2 is 2.00 bits per heavy atom. The average molecular weight is 112 g/mol. The molecular weight excluding hydrogens is 102 g/mol. The average Bonchev–Trinajstić information content (AvgIpc) is 1.81. The van der Waals surface area contributed by atoms with Crippen LogP contribution in [0.2, 0.25) is 0 Å². The minimum absolute atomic E-state index is 0.00539. The van der Waals surface area contributed by atoms with Gasteiger partial charge in [0.2, 0.25) is 0 Å². The van der Waals surface area contributed by atoms with Gasteiger partial charge in [0.05, 0.1) is 12.7 Å². The van der Waals surface area contributed by atoms with Crippen molar-refractivity contribution in [1.29, 1.82) is 5.26 Å². The molecule has 0 aromatic rings. The molecule has 0 N–H and O–H groups in total. The van der Waals surface area contributed by atoms with Crippen LogP contribution < -0.4 is 0 Å². The first-order valence-electron chi connectivity index (χ1n) is 2.87. The monoisotopic (exact) mass is 112 g/mol. The Kier molecular flexibility index (Phi) is 6.01. The van der Waals surface area contributed by atoms with Crippen molar-refractivity contribution in [1.82, 2.24) is 0 Å². The van der Waals surface area contributed by atoms with E-state index in [1.165, 1.54) is 0 Å². The molecular formula is C6H10NO. The summed E-state index contributed by atoms with van der Waals surface area (Å²) in [6.07, 6.45) is 3.12. The van der Waals surface area contributed by atoms with E-state index < -0.39 is 0 Å². The second-order valence-corrected chi connectivity index (χ2v) is 1.67. The summed E-state index contributed by atoms with van der Waals surface area (Å²) in [6.45, 7) is 0.00539. The minimum atomic E-state index is 0.00539. The van der Waals surface area contributed by atoms with Gasteiger partial charge in [-0.3, -0.25) is 0 Å². The molecule has 1 radical (unpaired) electrons. The molecule has 0 bridgehead atoms. The number of hydrogen-bond donors (Lipinski definition) is 0. The SMILES string of the molecule is N#CCCCCC[O]. The second kappa shape index (κ2) is 6.45. The van der Waals surface area contributed by atoms with E-state index in [1.807, 2.05) is 6.07 Å². The highest BCUT2D eigenvalue weighted by atomic mass is 16.2. The van der Waals surface area contributed by atoms with Crippen molar-refractivity contribution in [2.24, 2.45) is 0 Å². The molecule has 0 aliphatic carbocycles. The molecule has 2 nitrogen and oxygen atoms in total. The van der Waals surface area contributed by atoms with Crippen LogP contribution in [-0.2, 0) is 5.11 Å². The standard InChI is InChI=1S/C6H10NO/c7-5-3-1-2-4-6-8/h1-4,6H2. The summed E-state index contributed by atoms with van der Waals surface area (Å²) < 4.78 is 0. The van der Waals surface area contributed by atoms with Crippen molar-refractivity contribution >= 4 is 0 Å². The van der Waals surface area contributed by atoms with Crippen LogP contribution in [0.5, 0.6) is 0 Å². The van der Waals surface area contributed by atoms with Crippen LogP contribution in [0.3, 0.4) is 0 Å². The lowest BCUT2D eigenvalue weighted by atomic mass is 10.2. The first-order chi connectivity index (χ1) is 3.91. The molecule has 0 unspecified atom stereocenters. The molecule has 0 saturated carbocycles. The van der Waals surface area contributed by atoms with Crippen LogP contribution >= 0.6 is 0 Å². The van der Waals surface area contributed by atoms with Crippen molar-refractivity contribution in [2.75, 3.05) is 6.61 Å². The Morgan fingerprint density at radius 3 is 2.50 bits per heavy atom. The van der Waals surface area contributed by atoms with Gasteiger partial charge in [0.1, 0.15) is 0 Å². The molecule has 0 atom stereocenters. The minimum Gasteiger partial charge on any atom is -0.237 e. The fraction of sp³-hybridized carbons (Fsp3) is 0.833. The molecule has 0 aliphatic heterocycles. The van der Waals surface area contributed by atoms with E-state index in [2.05, 4.69) is 0 Å². The van der Waals surface area contributed by atoms with Gasteiger partial charge in [-0.1, -0.05) is 6.42 Å². The molecule has 0 fully saturated rings. The molecule has 0 amide bonds. The molecule has 2 heteroatoms. The number of hydrogen-bond acceptors (Lipinski definition) is 1. The summed E-state index contributed by atoms with van der Waals surface area (Å²) in [5.41, 5.74) is 0. The van der Waals surface area contributed by atoms with Gasteiger partial charge >= 0.3 is 0 Å². The van der Waals surface area contributed by atoms with Gasteiger partial charge < -0.3 is 0 Å². The van der Waals surface area contributed by atoms with E-state index in [-0.39, 0.29) is 6.61 Å². The van der Waals surface area contributed by atoms with Crippen molar-refractivity contribution in [2.45, 2.75) is 25.7 Å². The van der Waals surface area contributed by atoms with E-state index in [9.17, 15) is 5.11 Å². The summed E-state index contributed by atoms with van der Waals surface area (Å²) in [5, 5.41) is 17.8. The molecule has 0 aliphatic rings. The van der Waals surface area contributed by atoms with E-state index in [1.54, 1.807) is 0 Å². The van der Waals surface area contributed by atoms with Gasteiger partial charge in [-0.25, -0.2) is 5.11 Å². The van der Waals surface area contributed by atoms with Gasteiger partial charge in [0.15, 0.2) is 0 Å². The summed E-state index contributed by atoms with van der Waals surface area (Å²) in [6, 6.07) is 2.02. The maximum Gasteiger partial charge on any atom is 0.0822 e. The maximum absolute atomic E-state index is 9.81. The summed E-state index contributed by atoms with van der Waals surface area (Å²) in [7, 11) is 0. The number of nitrogens with zero attached hydrogens (tertiary/aromatic N) is 1. The van der Waals surface area contributed by atoms with Gasteiger partial charge in [-0.05, 0) is 12.8 Å². The first kappa shape index (κ1) is 7.45. The van der Waals surface area contributed by atoms with Crippen LogP contribution in [0.15, 0.2) is 0 Å². The Morgan fingerprint density at radius 1 is 1.25 bits per heavy atom. The third-order valence-corrected chi connectivity index (χ3v) is 0.933. The molecule has 0 heterocycles. The highest BCUT2D eigenvalue weighted by molar-refractivity contribution is 4.67. The van der Waals surface area contributed by atoms with Gasteiger partial charge in [-0.2, -0.15) is 5.26 Å². The molecule has 45 valence electrons. The van der Waals surface area contributed by atoms with Gasteiger partial charge in [0.25, 0.3) is 0 Å². The predicted octanol–water partition coefficient (Wildman–Crippen LogP) is 1.50. The first-order valence-corrected chi connectivity index (χ1v) is 2.87. The predicted molar refractivity (Wildman–Crippen MR) is 29.6 cm³/mol. The molecule has 0 saturated heterocycles. The van der Waals surface area contributed by atoms with Crippen LogP contribution in [0.1, 0.15) is 25.7 Å². The number of rotatable bonds is 4.